The summed E-state index contributed by atoms with van der Waals surface area (Å²) in [5.41, 5.74) is 9.35. The highest BCUT2D eigenvalue weighted by Gasteiger charge is 2.19. The van der Waals surface area contributed by atoms with E-state index in [1.165, 1.54) is 6.54 Å². The number of rotatable bonds is 3. The van der Waals surface area contributed by atoms with Gasteiger partial charge in [-0.15, -0.1) is 0 Å². The van der Waals surface area contributed by atoms with Gasteiger partial charge in [0.25, 0.3) is 0 Å². The van der Waals surface area contributed by atoms with Crippen LogP contribution in [-0.2, 0) is 0 Å². The fourth-order valence-electron chi connectivity index (χ4n) is 3.13. The summed E-state index contributed by atoms with van der Waals surface area (Å²) in [5, 5.41) is 1.06. The second-order valence-corrected chi connectivity index (χ2v) is 6.25. The summed E-state index contributed by atoms with van der Waals surface area (Å²) in [6.07, 6.45) is 1.81. The van der Waals surface area contributed by atoms with Crippen LogP contribution in [0.25, 0.3) is 10.9 Å². The van der Waals surface area contributed by atoms with E-state index in [9.17, 15) is 0 Å². The fraction of sp³-hybridized carbons (Fsp3) is 0.471. The molecule has 4 heteroatoms. The predicted octanol–water partition coefficient (Wildman–Crippen LogP) is 2.60. The number of anilines is 2. The molecule has 4 nitrogen and oxygen atoms in total. The van der Waals surface area contributed by atoms with Gasteiger partial charge in [-0.25, -0.2) is 0 Å². The van der Waals surface area contributed by atoms with E-state index in [0.717, 1.165) is 54.4 Å². The minimum absolute atomic E-state index is 0.730. The van der Waals surface area contributed by atoms with E-state index in [1.807, 2.05) is 12.3 Å². The molecule has 1 fully saturated rings. The lowest BCUT2D eigenvalue weighted by Gasteiger charge is -2.37. The van der Waals surface area contributed by atoms with Crippen LogP contribution in [-0.4, -0.2) is 42.6 Å². The van der Waals surface area contributed by atoms with Gasteiger partial charge < -0.3 is 10.6 Å². The van der Waals surface area contributed by atoms with Crippen molar-refractivity contribution in [1.82, 2.24) is 9.88 Å². The maximum absolute atomic E-state index is 6.37. The van der Waals surface area contributed by atoms with Gasteiger partial charge in [0.05, 0.1) is 16.9 Å². The number of pyridine rings is 1. The van der Waals surface area contributed by atoms with Crippen LogP contribution in [0, 0.1) is 5.92 Å². The van der Waals surface area contributed by atoms with Gasteiger partial charge in [-0.1, -0.05) is 13.8 Å². The summed E-state index contributed by atoms with van der Waals surface area (Å²) in [6, 6.07) is 8.18. The molecular weight excluding hydrogens is 260 g/mol. The van der Waals surface area contributed by atoms with E-state index in [-0.39, 0.29) is 0 Å². The Hall–Kier alpha value is -1.81. The molecular formula is C17H24N4. The third kappa shape index (κ3) is 2.95. The molecule has 0 unspecified atom stereocenters. The summed E-state index contributed by atoms with van der Waals surface area (Å²) in [5.74, 6) is 0.730. The summed E-state index contributed by atoms with van der Waals surface area (Å²) in [4.78, 5) is 9.31. The van der Waals surface area contributed by atoms with Gasteiger partial charge in [0.1, 0.15) is 0 Å². The Labute approximate surface area is 126 Å². The first-order valence-electron chi connectivity index (χ1n) is 7.75. The number of benzene rings is 1. The molecule has 3 rings (SSSR count). The topological polar surface area (TPSA) is 45.4 Å². The Bertz CT molecular complexity index is 615. The lowest BCUT2D eigenvalue weighted by atomic mass is 10.1. The van der Waals surface area contributed by atoms with Gasteiger partial charge in [-0.2, -0.15) is 0 Å². The molecule has 0 bridgehead atoms. The van der Waals surface area contributed by atoms with Crippen LogP contribution >= 0.6 is 0 Å². The zero-order chi connectivity index (χ0) is 14.8. The Morgan fingerprint density at radius 2 is 1.90 bits per heavy atom. The first-order chi connectivity index (χ1) is 10.1. The first-order valence-corrected chi connectivity index (χ1v) is 7.75. The Balaban J connectivity index is 1.78. The summed E-state index contributed by atoms with van der Waals surface area (Å²) >= 11 is 0. The number of nitrogens with two attached hydrogens (primary N) is 1. The normalized spacial score (nSPS) is 16.8. The van der Waals surface area contributed by atoms with Crippen LogP contribution in [0.15, 0.2) is 30.5 Å². The zero-order valence-electron chi connectivity index (χ0n) is 12.9. The van der Waals surface area contributed by atoms with Crippen molar-refractivity contribution in [3.8, 4) is 0 Å². The van der Waals surface area contributed by atoms with Crippen LogP contribution in [0.1, 0.15) is 13.8 Å². The average Bonchev–Trinajstić information content (AvgIpc) is 2.48. The molecule has 2 heterocycles. The molecule has 0 saturated carbocycles. The van der Waals surface area contributed by atoms with E-state index in [2.05, 4.69) is 46.8 Å². The largest absolute Gasteiger partial charge is 0.396 e. The third-order valence-electron chi connectivity index (χ3n) is 4.14. The second kappa shape index (κ2) is 5.90. The van der Waals surface area contributed by atoms with Crippen molar-refractivity contribution in [1.29, 1.82) is 0 Å². The van der Waals surface area contributed by atoms with Gasteiger partial charge in [-0.3, -0.25) is 9.88 Å². The molecule has 1 aliphatic heterocycles. The third-order valence-corrected chi connectivity index (χ3v) is 4.14. The van der Waals surface area contributed by atoms with Gasteiger partial charge in [-0.05, 0) is 30.2 Å². The summed E-state index contributed by atoms with van der Waals surface area (Å²) in [7, 11) is 0. The van der Waals surface area contributed by atoms with Crippen LogP contribution in [0.5, 0.6) is 0 Å². The van der Waals surface area contributed by atoms with Crippen molar-refractivity contribution < 1.29 is 0 Å². The number of nitrogens with zero attached hydrogens (tertiary/aromatic N) is 3. The molecule has 2 N–H and O–H groups in total. The van der Waals surface area contributed by atoms with Gasteiger partial charge in [0, 0.05) is 44.3 Å². The van der Waals surface area contributed by atoms with Crippen molar-refractivity contribution in [2.45, 2.75) is 13.8 Å². The molecule has 1 saturated heterocycles. The van der Waals surface area contributed by atoms with E-state index < -0.39 is 0 Å². The van der Waals surface area contributed by atoms with Gasteiger partial charge >= 0.3 is 0 Å². The monoisotopic (exact) mass is 284 g/mol. The highest BCUT2D eigenvalue weighted by atomic mass is 15.3. The Morgan fingerprint density at radius 1 is 1.14 bits per heavy atom. The van der Waals surface area contributed by atoms with E-state index >= 15 is 0 Å². The standard InChI is InChI=1S/C17H24N4/c1-13(2)12-20-8-10-21(11-9-20)16-6-5-15-14(17(16)18)4-3-7-19-15/h3-7,13H,8-12,18H2,1-2H3. The van der Waals surface area contributed by atoms with Gasteiger partial charge in [0.15, 0.2) is 0 Å². The predicted molar refractivity (Wildman–Crippen MR) is 89.6 cm³/mol. The maximum atomic E-state index is 6.37. The molecule has 1 aromatic carbocycles. The van der Waals surface area contributed by atoms with Gasteiger partial charge in [0.2, 0.25) is 0 Å². The second-order valence-electron chi connectivity index (χ2n) is 6.25. The Kier molecular flexibility index (Phi) is 3.97. The van der Waals surface area contributed by atoms with Crippen molar-refractivity contribution >= 4 is 22.3 Å². The number of hydrogen-bond acceptors (Lipinski definition) is 4. The molecule has 0 spiro atoms. The number of nitrogen functional groups attached to an aromatic ring is 1. The molecule has 0 radical (unpaired) electrons. The molecule has 0 atom stereocenters. The maximum Gasteiger partial charge on any atom is 0.0724 e. The van der Waals surface area contributed by atoms with E-state index in [4.69, 9.17) is 5.73 Å². The molecule has 0 aliphatic carbocycles. The lowest BCUT2D eigenvalue weighted by molar-refractivity contribution is 0.231. The average molecular weight is 284 g/mol. The fourth-order valence-corrected chi connectivity index (χ4v) is 3.13. The van der Waals surface area contributed by atoms with E-state index in [1.54, 1.807) is 0 Å². The van der Waals surface area contributed by atoms with Crippen molar-refractivity contribution in [3.05, 3.63) is 30.5 Å². The number of aromatic nitrogens is 1. The smallest absolute Gasteiger partial charge is 0.0724 e. The van der Waals surface area contributed by atoms with Crippen LogP contribution in [0.2, 0.25) is 0 Å². The highest BCUT2D eigenvalue weighted by molar-refractivity contribution is 5.97. The molecule has 21 heavy (non-hydrogen) atoms. The van der Waals surface area contributed by atoms with E-state index in [0.29, 0.717) is 0 Å². The number of fused-ring (bicyclic) bond motifs is 1. The molecule has 112 valence electrons. The van der Waals surface area contributed by atoms with Crippen molar-refractivity contribution in [3.63, 3.8) is 0 Å². The number of hydrogen-bond donors (Lipinski definition) is 1. The summed E-state index contributed by atoms with van der Waals surface area (Å²) < 4.78 is 0. The van der Waals surface area contributed by atoms with Crippen LogP contribution in [0.3, 0.4) is 0 Å². The molecule has 2 aromatic rings. The van der Waals surface area contributed by atoms with Crippen molar-refractivity contribution in [2.75, 3.05) is 43.4 Å². The zero-order valence-corrected chi connectivity index (χ0v) is 12.9. The minimum Gasteiger partial charge on any atom is -0.396 e. The molecule has 1 aromatic heterocycles. The summed E-state index contributed by atoms with van der Waals surface area (Å²) in [6.45, 7) is 10.1. The first kappa shape index (κ1) is 14.1. The van der Waals surface area contributed by atoms with Crippen LogP contribution in [0.4, 0.5) is 11.4 Å². The SMILES string of the molecule is CC(C)CN1CCN(c2ccc3ncccc3c2N)CC1. The van der Waals surface area contributed by atoms with Crippen molar-refractivity contribution in [2.24, 2.45) is 5.92 Å². The minimum atomic E-state index is 0.730. The lowest BCUT2D eigenvalue weighted by Crippen LogP contribution is -2.47. The van der Waals surface area contributed by atoms with Crippen LogP contribution < -0.4 is 10.6 Å². The highest BCUT2D eigenvalue weighted by Crippen LogP contribution is 2.31. The molecule has 0 amide bonds. The molecule has 1 aliphatic rings. The number of piperazine rings is 1. The quantitative estimate of drug-likeness (QED) is 0.880. The Morgan fingerprint density at radius 3 is 2.62 bits per heavy atom.